The van der Waals surface area contributed by atoms with E-state index in [2.05, 4.69) is 20.8 Å². The second-order valence-electron chi connectivity index (χ2n) is 5.88. The minimum absolute atomic E-state index is 0.0710. The highest BCUT2D eigenvalue weighted by Crippen LogP contribution is 2.27. The van der Waals surface area contributed by atoms with Crippen molar-refractivity contribution in [3.63, 3.8) is 0 Å². The zero-order valence-corrected chi connectivity index (χ0v) is 14.3. The molecule has 0 aliphatic heterocycles. The molecule has 0 saturated heterocycles. The summed E-state index contributed by atoms with van der Waals surface area (Å²) in [6, 6.07) is 14.0. The molecule has 3 rings (SSSR count). The van der Waals surface area contributed by atoms with Gasteiger partial charge in [-0.25, -0.2) is 9.07 Å². The first-order valence-electron chi connectivity index (χ1n) is 8.05. The van der Waals surface area contributed by atoms with Crippen LogP contribution < -0.4 is 10.1 Å². The van der Waals surface area contributed by atoms with E-state index in [1.54, 1.807) is 29.9 Å². The third kappa shape index (κ3) is 4.00. The van der Waals surface area contributed by atoms with E-state index in [9.17, 15) is 4.39 Å². The van der Waals surface area contributed by atoms with E-state index in [4.69, 9.17) is 4.74 Å². The van der Waals surface area contributed by atoms with Crippen LogP contribution in [-0.4, -0.2) is 20.2 Å². The minimum atomic E-state index is -0.400. The maximum atomic E-state index is 14.4. The Bertz CT molecular complexity index is 836. The zero-order valence-electron chi connectivity index (χ0n) is 14.3. The molecule has 1 N–H and O–H groups in total. The molecule has 0 spiro atoms. The molecule has 0 unspecified atom stereocenters. The lowest BCUT2D eigenvalue weighted by Crippen LogP contribution is -2.25. The van der Waals surface area contributed by atoms with Crippen molar-refractivity contribution in [2.24, 2.45) is 7.05 Å². The Balaban J connectivity index is 1.70. The van der Waals surface area contributed by atoms with Gasteiger partial charge in [0, 0.05) is 13.1 Å². The van der Waals surface area contributed by atoms with Crippen LogP contribution in [0.4, 0.5) is 4.39 Å². The van der Waals surface area contributed by atoms with E-state index in [0.717, 1.165) is 11.4 Å². The number of ether oxygens (including phenoxy) is 1. The fourth-order valence-electron chi connectivity index (χ4n) is 2.63. The van der Waals surface area contributed by atoms with Gasteiger partial charge in [-0.15, -0.1) is 5.10 Å². The van der Waals surface area contributed by atoms with Crippen LogP contribution in [0.1, 0.15) is 37.3 Å². The van der Waals surface area contributed by atoms with E-state index >= 15 is 0 Å². The molecule has 0 aliphatic rings. The lowest BCUT2D eigenvalue weighted by molar-refractivity contribution is 0.435. The molecular formula is C18H20FN5O. The molecule has 3 aromatic rings. The average molecular weight is 341 g/mol. The standard InChI is InChI=1S/C18H20FN5O/c1-12(20-13(2)18-21-22-23-24(18)3)14-9-10-17(16(19)11-14)25-15-7-5-4-6-8-15/h4-13,20H,1-3H3/t12-,13+/m1/s1. The van der Waals surface area contributed by atoms with Crippen LogP contribution >= 0.6 is 0 Å². The van der Waals surface area contributed by atoms with E-state index in [1.165, 1.54) is 6.07 Å². The molecule has 0 bridgehead atoms. The third-order valence-electron chi connectivity index (χ3n) is 3.97. The van der Waals surface area contributed by atoms with Crippen molar-refractivity contribution >= 4 is 0 Å². The first-order chi connectivity index (χ1) is 12.0. The largest absolute Gasteiger partial charge is 0.454 e. The van der Waals surface area contributed by atoms with Crippen molar-refractivity contribution in [2.45, 2.75) is 25.9 Å². The number of aromatic nitrogens is 4. The monoisotopic (exact) mass is 341 g/mol. The van der Waals surface area contributed by atoms with Gasteiger partial charge < -0.3 is 10.1 Å². The lowest BCUT2D eigenvalue weighted by atomic mass is 10.1. The van der Waals surface area contributed by atoms with Crippen LogP contribution in [0.15, 0.2) is 48.5 Å². The van der Waals surface area contributed by atoms with Gasteiger partial charge in [0.15, 0.2) is 17.4 Å². The van der Waals surface area contributed by atoms with Crippen molar-refractivity contribution < 1.29 is 9.13 Å². The molecule has 2 atom stereocenters. The van der Waals surface area contributed by atoms with E-state index in [0.29, 0.717) is 5.75 Å². The first-order valence-corrected chi connectivity index (χ1v) is 8.05. The van der Waals surface area contributed by atoms with Crippen LogP contribution in [0.3, 0.4) is 0 Å². The molecule has 1 aromatic heterocycles. The van der Waals surface area contributed by atoms with Crippen LogP contribution in [-0.2, 0) is 7.05 Å². The zero-order chi connectivity index (χ0) is 17.8. The highest BCUT2D eigenvalue weighted by molar-refractivity contribution is 5.35. The molecular weight excluding hydrogens is 321 g/mol. The summed E-state index contributed by atoms with van der Waals surface area (Å²) in [5, 5.41) is 14.8. The quantitative estimate of drug-likeness (QED) is 0.743. The summed E-state index contributed by atoms with van der Waals surface area (Å²) in [6.07, 6.45) is 0. The summed E-state index contributed by atoms with van der Waals surface area (Å²) in [6.45, 7) is 3.93. The molecule has 0 aliphatic carbocycles. The predicted octanol–water partition coefficient (Wildman–Crippen LogP) is 3.55. The summed E-state index contributed by atoms with van der Waals surface area (Å²) in [7, 11) is 1.79. The smallest absolute Gasteiger partial charge is 0.167 e. The van der Waals surface area contributed by atoms with Gasteiger partial charge in [0.25, 0.3) is 0 Å². The van der Waals surface area contributed by atoms with Gasteiger partial charge in [0.2, 0.25) is 0 Å². The Morgan fingerprint density at radius 1 is 1.08 bits per heavy atom. The predicted molar refractivity (Wildman–Crippen MR) is 91.7 cm³/mol. The maximum absolute atomic E-state index is 14.4. The number of hydrogen-bond acceptors (Lipinski definition) is 5. The van der Waals surface area contributed by atoms with Gasteiger partial charge in [-0.05, 0) is 54.1 Å². The summed E-state index contributed by atoms with van der Waals surface area (Å²) >= 11 is 0. The fourth-order valence-corrected chi connectivity index (χ4v) is 2.63. The number of rotatable bonds is 6. The molecule has 2 aromatic carbocycles. The molecule has 130 valence electrons. The molecule has 0 fully saturated rings. The van der Waals surface area contributed by atoms with Crippen LogP contribution in [0.5, 0.6) is 11.5 Å². The van der Waals surface area contributed by atoms with Crippen molar-refractivity contribution in [3.05, 3.63) is 65.7 Å². The van der Waals surface area contributed by atoms with Crippen molar-refractivity contribution in [1.82, 2.24) is 25.5 Å². The second kappa shape index (κ2) is 7.40. The Morgan fingerprint density at radius 3 is 2.48 bits per heavy atom. The summed E-state index contributed by atoms with van der Waals surface area (Å²) < 4.78 is 21.6. The van der Waals surface area contributed by atoms with Gasteiger partial charge in [0.05, 0.1) is 6.04 Å². The fraction of sp³-hybridized carbons (Fsp3) is 0.278. The van der Waals surface area contributed by atoms with Crippen molar-refractivity contribution in [2.75, 3.05) is 0 Å². The summed E-state index contributed by atoms with van der Waals surface area (Å²) in [4.78, 5) is 0. The van der Waals surface area contributed by atoms with Gasteiger partial charge in [-0.1, -0.05) is 24.3 Å². The highest BCUT2D eigenvalue weighted by Gasteiger charge is 2.17. The SMILES string of the molecule is C[C@H](N[C@H](C)c1ccc(Oc2ccccc2)c(F)c1)c1nnnn1C. The van der Waals surface area contributed by atoms with Crippen LogP contribution in [0, 0.1) is 5.82 Å². The number of nitrogens with zero attached hydrogens (tertiary/aromatic N) is 4. The van der Waals surface area contributed by atoms with Gasteiger partial charge in [-0.2, -0.15) is 0 Å². The van der Waals surface area contributed by atoms with Crippen LogP contribution in [0.25, 0.3) is 0 Å². The molecule has 6 nitrogen and oxygen atoms in total. The Morgan fingerprint density at radius 2 is 1.84 bits per heavy atom. The van der Waals surface area contributed by atoms with Crippen molar-refractivity contribution in [1.29, 1.82) is 0 Å². The van der Waals surface area contributed by atoms with Crippen LogP contribution in [0.2, 0.25) is 0 Å². The number of benzene rings is 2. The number of hydrogen-bond donors (Lipinski definition) is 1. The topological polar surface area (TPSA) is 64.9 Å². The normalized spacial score (nSPS) is 13.4. The number of aryl methyl sites for hydroxylation is 1. The first kappa shape index (κ1) is 17.0. The number of para-hydroxylation sites is 1. The van der Waals surface area contributed by atoms with E-state index in [1.807, 2.05) is 38.1 Å². The molecule has 0 saturated carbocycles. The van der Waals surface area contributed by atoms with E-state index < -0.39 is 5.82 Å². The second-order valence-corrected chi connectivity index (χ2v) is 5.88. The molecule has 1 heterocycles. The lowest BCUT2D eigenvalue weighted by Gasteiger charge is -2.19. The Kier molecular flexibility index (Phi) is 5.04. The minimum Gasteiger partial charge on any atom is -0.454 e. The summed E-state index contributed by atoms with van der Waals surface area (Å²) in [5.41, 5.74) is 0.819. The van der Waals surface area contributed by atoms with Gasteiger partial charge in [-0.3, -0.25) is 0 Å². The highest BCUT2D eigenvalue weighted by atomic mass is 19.1. The van der Waals surface area contributed by atoms with E-state index in [-0.39, 0.29) is 17.8 Å². The third-order valence-corrected chi connectivity index (χ3v) is 3.97. The molecule has 7 heteroatoms. The average Bonchev–Trinajstić information content (AvgIpc) is 3.03. The molecule has 0 radical (unpaired) electrons. The summed E-state index contributed by atoms with van der Waals surface area (Å²) in [5.74, 6) is 1.12. The molecule has 0 amide bonds. The maximum Gasteiger partial charge on any atom is 0.167 e. The number of nitrogens with one attached hydrogen (secondary N) is 1. The Hall–Kier alpha value is -2.80. The Labute approximate surface area is 145 Å². The molecule has 25 heavy (non-hydrogen) atoms. The van der Waals surface area contributed by atoms with Gasteiger partial charge in [0.1, 0.15) is 5.75 Å². The number of halogens is 1. The van der Waals surface area contributed by atoms with Gasteiger partial charge >= 0.3 is 0 Å². The van der Waals surface area contributed by atoms with Crippen molar-refractivity contribution in [3.8, 4) is 11.5 Å². The number of tetrazole rings is 1.